The van der Waals surface area contributed by atoms with Crippen LogP contribution in [0.3, 0.4) is 0 Å². The molecule has 8 heteroatoms. The molecule has 0 spiro atoms. The van der Waals surface area contributed by atoms with Crippen LogP contribution in [-0.2, 0) is 18.3 Å². The van der Waals surface area contributed by atoms with E-state index in [4.69, 9.17) is 18.3 Å². The van der Waals surface area contributed by atoms with Crippen molar-refractivity contribution in [2.75, 3.05) is 13.7 Å². The largest absolute Gasteiger partial charge is 0.405 e. The Balaban J connectivity index is 1.57. The van der Waals surface area contributed by atoms with E-state index in [0.29, 0.717) is 0 Å². The number of rotatable bonds is 10. The van der Waals surface area contributed by atoms with Crippen LogP contribution < -0.4 is 20.7 Å². The molecular weight excluding hydrogens is 621 g/mol. The normalized spacial score (nSPS) is 22.6. The number of aliphatic hydroxyl groups is 2. The van der Waals surface area contributed by atoms with Crippen molar-refractivity contribution in [3.8, 4) is 0 Å². The number of methoxy groups -OCH3 is 1. The monoisotopic (exact) mass is 670 g/mol. The van der Waals surface area contributed by atoms with Gasteiger partial charge in [0.25, 0.3) is 16.6 Å². The van der Waals surface area contributed by atoms with Gasteiger partial charge in [-0.3, -0.25) is 0 Å². The molecule has 0 amide bonds. The quantitative estimate of drug-likeness (QED) is 0.240. The van der Waals surface area contributed by atoms with Gasteiger partial charge in [-0.2, -0.15) is 0 Å². The molecule has 0 unspecified atom stereocenters. The van der Waals surface area contributed by atoms with Crippen molar-refractivity contribution in [2.45, 2.75) is 82.3 Å². The number of aliphatic hydroxyl groups excluding tert-OH is 2. The lowest BCUT2D eigenvalue weighted by Crippen LogP contribution is -2.72. The van der Waals surface area contributed by atoms with E-state index in [0.717, 1.165) is 20.7 Å². The van der Waals surface area contributed by atoms with Crippen LogP contribution in [0.5, 0.6) is 0 Å². The second-order valence-electron chi connectivity index (χ2n) is 14.5. The Labute approximate surface area is 282 Å². The molecule has 0 aromatic heterocycles. The third-order valence-corrected chi connectivity index (χ3v) is 19.5. The molecule has 1 aliphatic heterocycles. The van der Waals surface area contributed by atoms with Gasteiger partial charge in [-0.1, -0.05) is 163 Å². The maximum atomic E-state index is 12.2. The lowest BCUT2D eigenvalue weighted by Gasteiger charge is -2.50. The van der Waals surface area contributed by atoms with Gasteiger partial charge in [-0.25, -0.2) is 0 Å². The molecular formula is C39H50O6Si2. The van der Waals surface area contributed by atoms with Crippen molar-refractivity contribution in [1.82, 2.24) is 0 Å². The van der Waals surface area contributed by atoms with E-state index in [9.17, 15) is 10.2 Å². The molecule has 250 valence electrons. The van der Waals surface area contributed by atoms with Crippen molar-refractivity contribution >= 4 is 37.4 Å². The van der Waals surface area contributed by atoms with Gasteiger partial charge in [0, 0.05) is 7.11 Å². The molecule has 4 aromatic carbocycles. The Hall–Kier alpha value is -2.93. The molecule has 6 nitrogen and oxygen atoms in total. The van der Waals surface area contributed by atoms with Crippen molar-refractivity contribution in [1.29, 1.82) is 0 Å². The average Bonchev–Trinajstić information content (AvgIpc) is 3.06. The lowest BCUT2D eigenvalue weighted by molar-refractivity contribution is -0.290. The molecule has 47 heavy (non-hydrogen) atoms. The van der Waals surface area contributed by atoms with Crippen LogP contribution in [0, 0.1) is 0 Å². The van der Waals surface area contributed by atoms with Gasteiger partial charge < -0.3 is 28.5 Å². The summed E-state index contributed by atoms with van der Waals surface area (Å²) in [6.45, 7) is 13.3. The van der Waals surface area contributed by atoms with Crippen LogP contribution >= 0.6 is 0 Å². The van der Waals surface area contributed by atoms with Crippen molar-refractivity contribution in [2.24, 2.45) is 0 Å². The Bertz CT molecular complexity index is 1460. The van der Waals surface area contributed by atoms with E-state index < -0.39 is 47.3 Å². The third kappa shape index (κ3) is 6.71. The van der Waals surface area contributed by atoms with E-state index in [-0.39, 0.29) is 16.7 Å². The minimum absolute atomic E-state index is 0.0850. The zero-order valence-electron chi connectivity index (χ0n) is 28.7. The van der Waals surface area contributed by atoms with Gasteiger partial charge in [0.1, 0.15) is 24.4 Å². The maximum absolute atomic E-state index is 12.2. The first-order valence-corrected chi connectivity index (χ1v) is 20.3. The van der Waals surface area contributed by atoms with Crippen LogP contribution in [0.1, 0.15) is 41.5 Å². The minimum Gasteiger partial charge on any atom is -0.405 e. The maximum Gasteiger partial charge on any atom is 0.261 e. The summed E-state index contributed by atoms with van der Waals surface area (Å²) < 4.78 is 26.5. The summed E-state index contributed by atoms with van der Waals surface area (Å²) in [5, 5.41) is 27.6. The standard InChI is InChI=1S/C39H50O6Si2/c1-38(2,3)46(29-20-12-8-13-21-29,30-22-14-9-15-23-30)43-28-33-34(40)36(35(41)37(42-7)44-33)45-47(39(4,5)6,31-24-16-10-17-25-31)32-26-18-11-19-27-32/h8-27,33-37,40-41H,28H2,1-7H3/t33-,34-,35-,36+,37+/m1/s1. The highest BCUT2D eigenvalue weighted by Crippen LogP contribution is 2.41. The molecule has 0 bridgehead atoms. The number of hydrogen-bond donors (Lipinski definition) is 2. The average molecular weight is 671 g/mol. The van der Waals surface area contributed by atoms with Crippen molar-refractivity contribution in [3.63, 3.8) is 0 Å². The Morgan fingerprint density at radius 3 is 1.28 bits per heavy atom. The number of benzene rings is 4. The van der Waals surface area contributed by atoms with E-state index in [1.807, 2.05) is 72.8 Å². The molecule has 4 aromatic rings. The summed E-state index contributed by atoms with van der Waals surface area (Å²) in [7, 11) is -4.59. The molecule has 0 aliphatic carbocycles. The molecule has 5 atom stereocenters. The Morgan fingerprint density at radius 2 is 0.936 bits per heavy atom. The minimum atomic E-state index is -3.15. The van der Waals surface area contributed by atoms with E-state index in [1.165, 1.54) is 7.11 Å². The van der Waals surface area contributed by atoms with Crippen LogP contribution in [0.15, 0.2) is 121 Å². The van der Waals surface area contributed by atoms with Gasteiger partial charge in [-0.05, 0) is 30.8 Å². The summed E-state index contributed by atoms with van der Waals surface area (Å²) in [6, 6.07) is 41.2. The Kier molecular flexibility index (Phi) is 10.7. The fourth-order valence-electron chi connectivity index (χ4n) is 7.24. The van der Waals surface area contributed by atoms with Crippen molar-refractivity contribution in [3.05, 3.63) is 121 Å². The summed E-state index contributed by atoms with van der Waals surface area (Å²) in [4.78, 5) is 0. The first-order chi connectivity index (χ1) is 22.4. The topological polar surface area (TPSA) is 77.4 Å². The van der Waals surface area contributed by atoms with Gasteiger partial charge in [0.15, 0.2) is 6.29 Å². The summed E-state index contributed by atoms with van der Waals surface area (Å²) in [5.74, 6) is 0. The first-order valence-electron chi connectivity index (χ1n) is 16.4. The smallest absolute Gasteiger partial charge is 0.261 e. The van der Waals surface area contributed by atoms with E-state index >= 15 is 0 Å². The highest BCUT2D eigenvalue weighted by molar-refractivity contribution is 7.00. The molecule has 1 aliphatic rings. The zero-order valence-corrected chi connectivity index (χ0v) is 30.7. The Morgan fingerprint density at radius 1 is 0.574 bits per heavy atom. The third-order valence-electron chi connectivity index (χ3n) is 9.48. The van der Waals surface area contributed by atoms with Gasteiger partial charge in [-0.15, -0.1) is 0 Å². The molecule has 5 rings (SSSR count). The second-order valence-corrected chi connectivity index (χ2v) is 23.0. The predicted molar refractivity (Wildman–Crippen MR) is 194 cm³/mol. The van der Waals surface area contributed by atoms with Gasteiger partial charge in [0.2, 0.25) is 0 Å². The predicted octanol–water partition coefficient (Wildman–Crippen LogP) is 4.60. The fourth-order valence-corrected chi connectivity index (χ4v) is 16.5. The molecule has 0 saturated carbocycles. The zero-order chi connectivity index (χ0) is 33.9. The molecule has 1 saturated heterocycles. The van der Waals surface area contributed by atoms with Gasteiger partial charge in [0.05, 0.1) is 6.61 Å². The molecule has 2 N–H and O–H groups in total. The first kappa shape index (κ1) is 35.4. The fraction of sp³-hybridized carbons (Fsp3) is 0.385. The second kappa shape index (κ2) is 14.3. The van der Waals surface area contributed by atoms with E-state index in [2.05, 4.69) is 90.1 Å². The lowest BCUT2D eigenvalue weighted by atomic mass is 9.99. The number of ether oxygens (including phenoxy) is 2. The van der Waals surface area contributed by atoms with Crippen molar-refractivity contribution < 1.29 is 28.5 Å². The summed E-state index contributed by atoms with van der Waals surface area (Å²) in [6.07, 6.45) is -5.28. The summed E-state index contributed by atoms with van der Waals surface area (Å²) in [5.41, 5.74) is 0. The van der Waals surface area contributed by atoms with Crippen LogP contribution in [0.2, 0.25) is 10.1 Å². The molecule has 1 heterocycles. The van der Waals surface area contributed by atoms with Gasteiger partial charge >= 0.3 is 0 Å². The highest BCUT2D eigenvalue weighted by Gasteiger charge is 2.57. The summed E-state index contributed by atoms with van der Waals surface area (Å²) >= 11 is 0. The van der Waals surface area contributed by atoms with Crippen LogP contribution in [-0.4, -0.2) is 71.3 Å². The SMILES string of the molecule is CO[C@H]1O[C@H](CO[Si](c2ccccc2)(c2ccccc2)C(C)(C)C)[C@@H](O)[C@H](O[Si](c2ccccc2)(c2ccccc2)C(C)(C)C)[C@H]1O. The van der Waals surface area contributed by atoms with Crippen LogP contribution in [0.25, 0.3) is 0 Å². The molecule has 0 radical (unpaired) electrons. The van der Waals surface area contributed by atoms with E-state index in [1.54, 1.807) is 0 Å². The number of hydrogen-bond acceptors (Lipinski definition) is 6. The highest BCUT2D eigenvalue weighted by atomic mass is 28.4. The molecule has 1 fully saturated rings. The van der Waals surface area contributed by atoms with Crippen LogP contribution in [0.4, 0.5) is 0 Å².